The number of allylic oxidation sites excluding steroid dienone is 1. The number of hydrogen-bond acceptors (Lipinski definition) is 4. The zero-order valence-electron chi connectivity index (χ0n) is 14.1. The number of carbonyl (C=O) groups is 2. The third kappa shape index (κ3) is 3.36. The van der Waals surface area contributed by atoms with E-state index in [1.807, 2.05) is 51.1 Å². The number of pyridine rings is 1. The summed E-state index contributed by atoms with van der Waals surface area (Å²) < 4.78 is 0. The molecule has 3 rings (SSSR count). The van der Waals surface area contributed by atoms with Crippen LogP contribution in [0.5, 0.6) is 0 Å². The lowest BCUT2D eigenvalue weighted by Crippen LogP contribution is -2.26. The molecule has 1 aliphatic heterocycles. The Balaban J connectivity index is 1.93. The van der Waals surface area contributed by atoms with Crippen molar-refractivity contribution in [1.82, 2.24) is 9.88 Å². The first kappa shape index (κ1) is 16.7. The Hall–Kier alpha value is -2.14. The largest absolute Gasteiger partial charge is 0.301 e. The molecule has 1 aliphatic rings. The van der Waals surface area contributed by atoms with Gasteiger partial charge in [0.15, 0.2) is 5.78 Å². The normalized spacial score (nSPS) is 17.0. The van der Waals surface area contributed by atoms with Gasteiger partial charge in [-0.25, -0.2) is 0 Å². The van der Waals surface area contributed by atoms with Gasteiger partial charge in [0.25, 0.3) is 0 Å². The van der Waals surface area contributed by atoms with Crippen LogP contribution in [0.15, 0.2) is 47.6 Å². The number of fused-ring (bicyclic) bond motifs is 1. The number of para-hydroxylation sites is 1. The van der Waals surface area contributed by atoms with Crippen molar-refractivity contribution >= 4 is 34.4 Å². The fourth-order valence-electron chi connectivity index (χ4n) is 2.49. The molecular formula is C19H20N2O2S. The monoisotopic (exact) mass is 340 g/mol. The van der Waals surface area contributed by atoms with Gasteiger partial charge in [0.05, 0.1) is 22.8 Å². The molecule has 0 saturated carbocycles. The van der Waals surface area contributed by atoms with Gasteiger partial charge in [0.2, 0.25) is 5.91 Å². The van der Waals surface area contributed by atoms with Gasteiger partial charge in [0, 0.05) is 23.1 Å². The van der Waals surface area contributed by atoms with Crippen molar-refractivity contribution in [2.24, 2.45) is 5.41 Å². The maximum absolute atomic E-state index is 12.3. The molecule has 0 bridgehead atoms. The fraction of sp³-hybridized carbons (Fsp3) is 0.316. The second-order valence-corrected chi connectivity index (χ2v) is 7.85. The van der Waals surface area contributed by atoms with Crippen molar-refractivity contribution in [2.45, 2.75) is 27.3 Å². The zero-order chi connectivity index (χ0) is 17.3. The molecule has 0 spiro atoms. The molecule has 1 fully saturated rings. The van der Waals surface area contributed by atoms with Crippen LogP contribution in [-0.2, 0) is 16.1 Å². The van der Waals surface area contributed by atoms with Crippen LogP contribution in [0.4, 0.5) is 0 Å². The highest BCUT2D eigenvalue weighted by molar-refractivity contribution is 8.04. The fourth-order valence-corrected chi connectivity index (χ4v) is 3.43. The molecule has 124 valence electrons. The summed E-state index contributed by atoms with van der Waals surface area (Å²) >= 11 is 1.42. The summed E-state index contributed by atoms with van der Waals surface area (Å²) in [6.07, 6.45) is 3.36. The summed E-state index contributed by atoms with van der Waals surface area (Å²) in [5.74, 6) is 0.434. The number of amides is 1. The van der Waals surface area contributed by atoms with Gasteiger partial charge in [-0.2, -0.15) is 0 Å². The van der Waals surface area contributed by atoms with Crippen LogP contribution < -0.4 is 0 Å². The Labute approximate surface area is 145 Å². The first-order chi connectivity index (χ1) is 11.4. The van der Waals surface area contributed by atoms with Gasteiger partial charge in [0.1, 0.15) is 0 Å². The van der Waals surface area contributed by atoms with Crippen LogP contribution in [-0.4, -0.2) is 27.3 Å². The molecule has 4 nitrogen and oxygen atoms in total. The Morgan fingerprint density at radius 1 is 1.29 bits per heavy atom. The second-order valence-electron chi connectivity index (χ2n) is 6.86. The standard InChI is InChI=1S/C19H20N2O2S/c1-19(2,3)15(22)10-17-21(16(23)12-24-17)11-14-7-4-6-13-8-5-9-20-18(13)14/h4-10H,11-12H2,1-3H3. The van der Waals surface area contributed by atoms with Crippen LogP contribution in [0.25, 0.3) is 10.9 Å². The van der Waals surface area contributed by atoms with Gasteiger partial charge in [-0.15, -0.1) is 0 Å². The van der Waals surface area contributed by atoms with E-state index in [-0.39, 0.29) is 11.7 Å². The van der Waals surface area contributed by atoms with E-state index in [0.29, 0.717) is 12.3 Å². The van der Waals surface area contributed by atoms with E-state index in [4.69, 9.17) is 0 Å². The predicted molar refractivity (Wildman–Crippen MR) is 97.3 cm³/mol. The number of ketones is 1. The Bertz CT molecular complexity index is 831. The molecule has 1 saturated heterocycles. The first-order valence-corrected chi connectivity index (χ1v) is 8.87. The Morgan fingerprint density at radius 2 is 2.04 bits per heavy atom. The lowest BCUT2D eigenvalue weighted by molar-refractivity contribution is -0.125. The van der Waals surface area contributed by atoms with Crippen molar-refractivity contribution in [3.8, 4) is 0 Å². The number of hydrogen-bond donors (Lipinski definition) is 0. The average Bonchev–Trinajstić information content (AvgIpc) is 2.87. The summed E-state index contributed by atoms with van der Waals surface area (Å²) in [4.78, 5) is 30.7. The maximum atomic E-state index is 12.3. The highest BCUT2D eigenvalue weighted by Gasteiger charge is 2.29. The molecule has 24 heavy (non-hydrogen) atoms. The van der Waals surface area contributed by atoms with Crippen LogP contribution in [0.1, 0.15) is 26.3 Å². The van der Waals surface area contributed by atoms with Crippen molar-refractivity contribution in [3.63, 3.8) is 0 Å². The molecule has 0 atom stereocenters. The molecule has 1 aromatic heterocycles. The topological polar surface area (TPSA) is 50.3 Å². The van der Waals surface area contributed by atoms with E-state index >= 15 is 0 Å². The Morgan fingerprint density at radius 3 is 2.79 bits per heavy atom. The molecule has 1 amide bonds. The first-order valence-electron chi connectivity index (χ1n) is 7.88. The second kappa shape index (κ2) is 6.40. The van der Waals surface area contributed by atoms with E-state index in [1.54, 1.807) is 17.2 Å². The minimum absolute atomic E-state index is 0.0285. The highest BCUT2D eigenvalue weighted by atomic mass is 32.2. The number of thioether (sulfide) groups is 1. The average molecular weight is 340 g/mol. The lowest BCUT2D eigenvalue weighted by atomic mass is 9.91. The summed E-state index contributed by atoms with van der Waals surface area (Å²) in [5.41, 5.74) is 1.43. The third-order valence-corrected chi connectivity index (χ3v) is 4.97. The minimum Gasteiger partial charge on any atom is -0.301 e. The van der Waals surface area contributed by atoms with Gasteiger partial charge >= 0.3 is 0 Å². The van der Waals surface area contributed by atoms with Crippen LogP contribution >= 0.6 is 11.8 Å². The summed E-state index contributed by atoms with van der Waals surface area (Å²) in [7, 11) is 0. The number of benzene rings is 1. The smallest absolute Gasteiger partial charge is 0.238 e. The van der Waals surface area contributed by atoms with Crippen LogP contribution in [0.2, 0.25) is 0 Å². The van der Waals surface area contributed by atoms with E-state index in [9.17, 15) is 9.59 Å². The molecule has 0 aliphatic carbocycles. The maximum Gasteiger partial charge on any atom is 0.238 e. The molecule has 0 unspecified atom stereocenters. The van der Waals surface area contributed by atoms with E-state index in [0.717, 1.165) is 21.5 Å². The molecule has 0 radical (unpaired) electrons. The number of aromatic nitrogens is 1. The van der Waals surface area contributed by atoms with E-state index in [1.165, 1.54) is 11.8 Å². The number of nitrogens with zero attached hydrogens (tertiary/aromatic N) is 2. The van der Waals surface area contributed by atoms with Crippen molar-refractivity contribution < 1.29 is 9.59 Å². The minimum atomic E-state index is -0.453. The van der Waals surface area contributed by atoms with E-state index in [2.05, 4.69) is 4.98 Å². The predicted octanol–water partition coefficient (Wildman–Crippen LogP) is 3.77. The Kier molecular flexibility index (Phi) is 4.45. The zero-order valence-corrected chi connectivity index (χ0v) is 14.9. The number of rotatable bonds is 3. The summed E-state index contributed by atoms with van der Waals surface area (Å²) in [6.45, 7) is 6.08. The molecule has 1 aromatic carbocycles. The third-order valence-electron chi connectivity index (χ3n) is 3.95. The van der Waals surface area contributed by atoms with Gasteiger partial charge < -0.3 is 4.90 Å². The van der Waals surface area contributed by atoms with Crippen molar-refractivity contribution in [3.05, 3.63) is 53.2 Å². The summed E-state index contributed by atoms with van der Waals surface area (Å²) in [5, 5.41) is 1.78. The molecule has 0 N–H and O–H groups in total. The van der Waals surface area contributed by atoms with Gasteiger partial charge in [-0.3, -0.25) is 14.6 Å². The molecule has 2 heterocycles. The summed E-state index contributed by atoms with van der Waals surface area (Å²) in [6, 6.07) is 9.86. The van der Waals surface area contributed by atoms with Crippen LogP contribution in [0.3, 0.4) is 0 Å². The van der Waals surface area contributed by atoms with Crippen molar-refractivity contribution in [1.29, 1.82) is 0 Å². The van der Waals surface area contributed by atoms with Crippen molar-refractivity contribution in [2.75, 3.05) is 5.75 Å². The molecule has 2 aromatic rings. The number of carbonyl (C=O) groups excluding carboxylic acids is 2. The lowest BCUT2D eigenvalue weighted by Gasteiger charge is -2.20. The quantitative estimate of drug-likeness (QED) is 0.798. The van der Waals surface area contributed by atoms with Gasteiger partial charge in [-0.05, 0) is 11.6 Å². The SMILES string of the molecule is CC(C)(C)C(=O)C=C1SCC(=O)N1Cc1cccc2cccnc12. The highest BCUT2D eigenvalue weighted by Crippen LogP contribution is 2.32. The van der Waals surface area contributed by atoms with E-state index < -0.39 is 5.41 Å². The molecular weight excluding hydrogens is 320 g/mol. The molecule has 5 heteroatoms. The van der Waals surface area contributed by atoms with Crippen LogP contribution in [0, 0.1) is 5.41 Å². The van der Waals surface area contributed by atoms with Gasteiger partial charge in [-0.1, -0.05) is 56.8 Å².